The molecule has 1 rings (SSSR count). The van der Waals surface area contributed by atoms with E-state index in [-0.39, 0.29) is 12.5 Å². The smallest absolute Gasteiger partial charge is 0.311 e. The van der Waals surface area contributed by atoms with Crippen LogP contribution in [0.15, 0.2) is 0 Å². The van der Waals surface area contributed by atoms with Gasteiger partial charge in [-0.2, -0.15) is 0 Å². The first-order valence-corrected chi connectivity index (χ1v) is 6.50. The summed E-state index contributed by atoms with van der Waals surface area (Å²) in [6.07, 6.45) is 1.68. The third-order valence-corrected chi connectivity index (χ3v) is 3.34. The second-order valence-corrected chi connectivity index (χ2v) is 5.50. The van der Waals surface area contributed by atoms with Crippen molar-refractivity contribution < 1.29 is 19.4 Å². The van der Waals surface area contributed by atoms with E-state index in [1.807, 2.05) is 0 Å². The lowest BCUT2D eigenvalue weighted by molar-refractivity contribution is -0.143. The zero-order valence-electron chi connectivity index (χ0n) is 11.4. The Hall–Kier alpha value is -1.10. The van der Waals surface area contributed by atoms with Gasteiger partial charge in [0.15, 0.2) is 0 Å². The van der Waals surface area contributed by atoms with Crippen molar-refractivity contribution in [2.24, 2.45) is 11.3 Å². The summed E-state index contributed by atoms with van der Waals surface area (Å²) in [6, 6.07) is 0. The molecule has 1 amide bonds. The van der Waals surface area contributed by atoms with Crippen molar-refractivity contribution in [2.45, 2.75) is 46.1 Å². The zero-order valence-corrected chi connectivity index (χ0v) is 11.4. The molecule has 5 nitrogen and oxygen atoms in total. The van der Waals surface area contributed by atoms with Gasteiger partial charge in [-0.1, -0.05) is 13.8 Å². The highest BCUT2D eigenvalue weighted by Crippen LogP contribution is 2.45. The van der Waals surface area contributed by atoms with Gasteiger partial charge in [-0.05, 0) is 32.1 Å². The van der Waals surface area contributed by atoms with Gasteiger partial charge in [0, 0.05) is 13.2 Å². The summed E-state index contributed by atoms with van der Waals surface area (Å²) < 4.78 is 5.40. The standard InChI is InChI=1S/C13H23NO4/c1-9(2)4-7-18-10(3)11(15)14-8-13(5-6-13)12(16)17/h9-10H,4-8H2,1-3H3,(H,14,15)(H,16,17). The summed E-state index contributed by atoms with van der Waals surface area (Å²) >= 11 is 0. The molecule has 1 atom stereocenters. The molecule has 0 bridgehead atoms. The highest BCUT2D eigenvalue weighted by atomic mass is 16.5. The summed E-state index contributed by atoms with van der Waals surface area (Å²) in [5, 5.41) is 11.6. The second-order valence-electron chi connectivity index (χ2n) is 5.50. The van der Waals surface area contributed by atoms with E-state index in [1.54, 1.807) is 6.92 Å². The van der Waals surface area contributed by atoms with Crippen LogP contribution in [-0.4, -0.2) is 36.2 Å². The first kappa shape index (κ1) is 15.0. The van der Waals surface area contributed by atoms with Crippen LogP contribution in [0, 0.1) is 11.3 Å². The van der Waals surface area contributed by atoms with Crippen molar-refractivity contribution in [3.05, 3.63) is 0 Å². The van der Waals surface area contributed by atoms with E-state index in [0.717, 1.165) is 6.42 Å². The van der Waals surface area contributed by atoms with Crippen LogP contribution in [-0.2, 0) is 14.3 Å². The molecule has 104 valence electrons. The quantitative estimate of drug-likeness (QED) is 0.689. The molecule has 1 aliphatic carbocycles. The normalized spacial score (nSPS) is 18.4. The molecule has 18 heavy (non-hydrogen) atoms. The van der Waals surface area contributed by atoms with Crippen LogP contribution in [0.3, 0.4) is 0 Å². The Kier molecular flexibility index (Phi) is 5.14. The molecule has 0 aromatic heterocycles. The number of amides is 1. The van der Waals surface area contributed by atoms with Gasteiger partial charge in [0.1, 0.15) is 6.10 Å². The summed E-state index contributed by atoms with van der Waals surface area (Å²) in [5.41, 5.74) is -0.715. The van der Waals surface area contributed by atoms with E-state index in [4.69, 9.17) is 9.84 Å². The van der Waals surface area contributed by atoms with Gasteiger partial charge in [0.25, 0.3) is 0 Å². The highest BCUT2D eigenvalue weighted by Gasteiger charge is 2.50. The minimum Gasteiger partial charge on any atom is -0.481 e. The van der Waals surface area contributed by atoms with Crippen LogP contribution in [0.1, 0.15) is 40.0 Å². The fraction of sp³-hybridized carbons (Fsp3) is 0.846. The van der Waals surface area contributed by atoms with Gasteiger partial charge in [-0.15, -0.1) is 0 Å². The van der Waals surface area contributed by atoms with E-state index in [0.29, 0.717) is 25.4 Å². The van der Waals surface area contributed by atoms with Gasteiger partial charge in [0.05, 0.1) is 5.41 Å². The average Bonchev–Trinajstić information content (AvgIpc) is 3.06. The fourth-order valence-corrected chi connectivity index (χ4v) is 1.57. The van der Waals surface area contributed by atoms with E-state index < -0.39 is 17.5 Å². The Morgan fingerprint density at radius 1 is 1.33 bits per heavy atom. The number of carbonyl (C=O) groups excluding carboxylic acids is 1. The zero-order chi connectivity index (χ0) is 13.8. The Balaban J connectivity index is 2.22. The second kappa shape index (κ2) is 6.18. The number of carboxylic acids is 1. The summed E-state index contributed by atoms with van der Waals surface area (Å²) in [6.45, 7) is 6.64. The van der Waals surface area contributed by atoms with E-state index in [2.05, 4.69) is 19.2 Å². The van der Waals surface area contributed by atoms with Gasteiger partial charge < -0.3 is 15.2 Å². The molecule has 0 aromatic carbocycles. The lowest BCUT2D eigenvalue weighted by atomic mass is 10.1. The molecule has 0 aliphatic heterocycles. The van der Waals surface area contributed by atoms with Crippen molar-refractivity contribution in [1.82, 2.24) is 5.32 Å². The maximum Gasteiger partial charge on any atom is 0.311 e. The highest BCUT2D eigenvalue weighted by molar-refractivity contribution is 5.83. The Labute approximate surface area is 108 Å². The molecular weight excluding hydrogens is 234 g/mol. The molecule has 1 fully saturated rings. The molecule has 0 aromatic rings. The minimum absolute atomic E-state index is 0.207. The monoisotopic (exact) mass is 257 g/mol. The third-order valence-electron chi connectivity index (χ3n) is 3.34. The van der Waals surface area contributed by atoms with Gasteiger partial charge >= 0.3 is 5.97 Å². The molecule has 0 spiro atoms. The number of carboxylic acid groups (broad SMARTS) is 1. The van der Waals surface area contributed by atoms with Crippen molar-refractivity contribution >= 4 is 11.9 Å². The van der Waals surface area contributed by atoms with Crippen molar-refractivity contribution in [3.63, 3.8) is 0 Å². The topological polar surface area (TPSA) is 75.6 Å². The maximum absolute atomic E-state index is 11.7. The molecular formula is C13H23NO4. The van der Waals surface area contributed by atoms with Crippen molar-refractivity contribution in [3.8, 4) is 0 Å². The molecule has 2 N–H and O–H groups in total. The molecule has 0 radical (unpaired) electrons. The average molecular weight is 257 g/mol. The van der Waals surface area contributed by atoms with Crippen molar-refractivity contribution in [2.75, 3.05) is 13.2 Å². The Morgan fingerprint density at radius 3 is 2.39 bits per heavy atom. The maximum atomic E-state index is 11.7. The third kappa shape index (κ3) is 4.29. The molecule has 1 aliphatic rings. The first-order valence-electron chi connectivity index (χ1n) is 6.50. The predicted octanol–water partition coefficient (Wildman–Crippen LogP) is 1.42. The van der Waals surface area contributed by atoms with Crippen LogP contribution in [0.25, 0.3) is 0 Å². The summed E-state index contributed by atoms with van der Waals surface area (Å²) in [5.74, 6) is -0.510. The number of aliphatic carboxylic acids is 1. The summed E-state index contributed by atoms with van der Waals surface area (Å²) in [4.78, 5) is 22.6. The number of carbonyl (C=O) groups is 2. The lowest BCUT2D eigenvalue weighted by Gasteiger charge is -2.16. The molecule has 0 saturated heterocycles. The molecule has 5 heteroatoms. The van der Waals surface area contributed by atoms with Crippen LogP contribution in [0.5, 0.6) is 0 Å². The Bertz CT molecular complexity index is 310. The number of hydrogen-bond donors (Lipinski definition) is 2. The van der Waals surface area contributed by atoms with E-state index in [1.165, 1.54) is 0 Å². The van der Waals surface area contributed by atoms with Crippen LogP contribution in [0.2, 0.25) is 0 Å². The number of hydrogen-bond acceptors (Lipinski definition) is 3. The van der Waals surface area contributed by atoms with Gasteiger partial charge in [-0.3, -0.25) is 9.59 Å². The van der Waals surface area contributed by atoms with Crippen LogP contribution < -0.4 is 5.32 Å². The van der Waals surface area contributed by atoms with E-state index in [9.17, 15) is 9.59 Å². The lowest BCUT2D eigenvalue weighted by Crippen LogP contribution is -2.40. The minimum atomic E-state index is -0.823. The van der Waals surface area contributed by atoms with Gasteiger partial charge in [0.2, 0.25) is 5.91 Å². The molecule has 1 saturated carbocycles. The van der Waals surface area contributed by atoms with Gasteiger partial charge in [-0.25, -0.2) is 0 Å². The first-order chi connectivity index (χ1) is 8.37. The molecule has 0 heterocycles. The largest absolute Gasteiger partial charge is 0.481 e. The SMILES string of the molecule is CC(C)CCOC(C)C(=O)NCC1(C(=O)O)CC1. The molecule has 1 unspecified atom stereocenters. The predicted molar refractivity (Wildman–Crippen MR) is 67.2 cm³/mol. The summed E-state index contributed by atoms with van der Waals surface area (Å²) in [7, 11) is 0. The number of nitrogens with one attached hydrogen (secondary N) is 1. The Morgan fingerprint density at radius 2 is 1.94 bits per heavy atom. The fourth-order valence-electron chi connectivity index (χ4n) is 1.57. The van der Waals surface area contributed by atoms with Crippen molar-refractivity contribution in [1.29, 1.82) is 0 Å². The van der Waals surface area contributed by atoms with Crippen LogP contribution >= 0.6 is 0 Å². The number of rotatable bonds is 8. The number of ether oxygens (including phenoxy) is 1. The van der Waals surface area contributed by atoms with E-state index >= 15 is 0 Å². The van der Waals surface area contributed by atoms with Crippen LogP contribution in [0.4, 0.5) is 0 Å².